The van der Waals surface area contributed by atoms with Crippen molar-refractivity contribution in [3.63, 3.8) is 0 Å². The number of allylic oxidation sites excluding steroid dienone is 1. The molecule has 0 spiro atoms. The van der Waals surface area contributed by atoms with Crippen molar-refractivity contribution in [2.75, 3.05) is 0 Å². The van der Waals surface area contributed by atoms with Crippen LogP contribution < -0.4 is 0 Å². The Morgan fingerprint density at radius 1 is 0.357 bits per heavy atom. The first-order valence-electron chi connectivity index (χ1n) is 14.8. The van der Waals surface area contributed by atoms with E-state index in [-0.39, 0.29) is 0 Å². The maximum atomic E-state index is 2.42. The third-order valence-electron chi connectivity index (χ3n) is 8.74. The predicted molar refractivity (Wildman–Crippen MR) is 180 cm³/mol. The van der Waals surface area contributed by atoms with E-state index in [1.54, 1.807) is 0 Å². The van der Waals surface area contributed by atoms with Gasteiger partial charge in [-0.3, -0.25) is 0 Å². The Balaban J connectivity index is 1.33. The van der Waals surface area contributed by atoms with E-state index in [0.29, 0.717) is 0 Å². The Labute approximate surface area is 247 Å². The third-order valence-corrected chi connectivity index (χ3v) is 8.74. The molecular weight excluding hydrogens is 504 g/mol. The van der Waals surface area contributed by atoms with E-state index in [9.17, 15) is 0 Å². The van der Waals surface area contributed by atoms with E-state index >= 15 is 0 Å². The molecule has 7 aromatic carbocycles. The van der Waals surface area contributed by atoms with E-state index in [4.69, 9.17) is 0 Å². The first-order chi connectivity index (χ1) is 20.8. The summed E-state index contributed by atoms with van der Waals surface area (Å²) in [5.74, 6) is 0. The lowest BCUT2D eigenvalue weighted by molar-refractivity contribution is 0.978. The molecule has 0 N–H and O–H groups in total. The third kappa shape index (κ3) is 4.16. The second-order valence-corrected chi connectivity index (χ2v) is 11.2. The van der Waals surface area contributed by atoms with Gasteiger partial charge >= 0.3 is 0 Å². The predicted octanol–water partition coefficient (Wildman–Crippen LogP) is 11.4. The summed E-state index contributed by atoms with van der Waals surface area (Å²) < 4.78 is 0. The standard InChI is InChI=1S/C42H30/c1-2-12-29(13-3-1)30-24-26-32(27-25-30)41-37-19-6-8-21-39(37)42(40-22-9-7-20-38(40)41)34-17-10-16-33(28-34)36-23-11-15-31-14-4-5-18-35(31)36/h1-10,12-14,16-28H,11,15H2. The van der Waals surface area contributed by atoms with E-state index < -0.39 is 0 Å². The summed E-state index contributed by atoms with van der Waals surface area (Å²) in [6.07, 6.45) is 4.61. The molecule has 0 nitrogen and oxygen atoms in total. The Kier molecular flexibility index (Phi) is 6.04. The Bertz CT molecular complexity index is 2050. The highest BCUT2D eigenvalue weighted by atomic mass is 14.2. The van der Waals surface area contributed by atoms with Gasteiger partial charge in [-0.2, -0.15) is 0 Å². The van der Waals surface area contributed by atoms with Crippen LogP contribution in [0.2, 0.25) is 0 Å². The molecule has 8 rings (SSSR count). The van der Waals surface area contributed by atoms with Gasteiger partial charge in [0, 0.05) is 0 Å². The van der Waals surface area contributed by atoms with Crippen molar-refractivity contribution in [3.05, 3.63) is 174 Å². The number of benzene rings is 7. The van der Waals surface area contributed by atoms with Crippen molar-refractivity contribution in [2.45, 2.75) is 12.8 Å². The first-order valence-corrected chi connectivity index (χ1v) is 14.8. The van der Waals surface area contributed by atoms with Crippen molar-refractivity contribution in [2.24, 2.45) is 0 Å². The molecule has 0 bridgehead atoms. The van der Waals surface area contributed by atoms with E-state index in [0.717, 1.165) is 12.8 Å². The zero-order chi connectivity index (χ0) is 27.9. The lowest BCUT2D eigenvalue weighted by atomic mass is 9.83. The van der Waals surface area contributed by atoms with Crippen molar-refractivity contribution in [1.29, 1.82) is 0 Å². The van der Waals surface area contributed by atoms with E-state index in [1.165, 1.54) is 77.2 Å². The number of aryl methyl sites for hydroxylation is 1. The maximum absolute atomic E-state index is 2.42. The Hall–Kier alpha value is -5.20. The van der Waals surface area contributed by atoms with Gasteiger partial charge in [0.1, 0.15) is 0 Å². The summed E-state index contributed by atoms with van der Waals surface area (Å²) >= 11 is 0. The van der Waals surface area contributed by atoms with Gasteiger partial charge in [0.2, 0.25) is 0 Å². The molecule has 7 aromatic rings. The number of hydrogen-bond acceptors (Lipinski definition) is 0. The van der Waals surface area contributed by atoms with Gasteiger partial charge in [-0.15, -0.1) is 0 Å². The topological polar surface area (TPSA) is 0 Å². The number of hydrogen-bond donors (Lipinski definition) is 0. The Morgan fingerprint density at radius 2 is 0.857 bits per heavy atom. The molecule has 1 aliphatic carbocycles. The Morgan fingerprint density at radius 3 is 1.55 bits per heavy atom. The molecule has 198 valence electrons. The number of fused-ring (bicyclic) bond motifs is 3. The molecule has 0 saturated carbocycles. The van der Waals surface area contributed by atoms with E-state index in [2.05, 4.69) is 158 Å². The SMILES string of the molecule is C1=C(c2cccc(-c3c4ccccc4c(-c4ccc(-c5ccccc5)cc4)c4ccccc34)c2)c2ccccc2CC1. The molecular formula is C42H30. The summed E-state index contributed by atoms with van der Waals surface area (Å²) in [5, 5.41) is 5.14. The first kappa shape index (κ1) is 24.6. The van der Waals surface area contributed by atoms with Gasteiger partial charge in [-0.25, -0.2) is 0 Å². The van der Waals surface area contributed by atoms with Crippen LogP contribution in [0.15, 0.2) is 158 Å². The average Bonchev–Trinajstić information content (AvgIpc) is 3.07. The van der Waals surface area contributed by atoms with Crippen LogP contribution in [0.4, 0.5) is 0 Å². The van der Waals surface area contributed by atoms with Crippen LogP contribution in [0.3, 0.4) is 0 Å². The fourth-order valence-corrected chi connectivity index (χ4v) is 6.81. The zero-order valence-corrected chi connectivity index (χ0v) is 23.4. The van der Waals surface area contributed by atoms with Crippen LogP contribution in [-0.4, -0.2) is 0 Å². The molecule has 0 fully saturated rings. The van der Waals surface area contributed by atoms with Crippen molar-refractivity contribution < 1.29 is 0 Å². The van der Waals surface area contributed by atoms with Gasteiger partial charge < -0.3 is 0 Å². The van der Waals surface area contributed by atoms with E-state index in [1.807, 2.05) is 0 Å². The van der Waals surface area contributed by atoms with Gasteiger partial charge in [0.25, 0.3) is 0 Å². The summed E-state index contributed by atoms with van der Waals surface area (Å²) in [5.41, 5.74) is 13.0. The molecule has 0 saturated heterocycles. The molecule has 0 heterocycles. The van der Waals surface area contributed by atoms with Gasteiger partial charge in [0.05, 0.1) is 0 Å². The second-order valence-electron chi connectivity index (χ2n) is 11.2. The second kappa shape index (κ2) is 10.3. The largest absolute Gasteiger partial charge is 0.0757 e. The summed E-state index contributed by atoms with van der Waals surface area (Å²) in [6.45, 7) is 0. The summed E-state index contributed by atoms with van der Waals surface area (Å²) in [6, 6.07) is 55.6. The normalized spacial score (nSPS) is 12.7. The van der Waals surface area contributed by atoms with Gasteiger partial charge in [-0.1, -0.05) is 152 Å². The van der Waals surface area contributed by atoms with Crippen molar-refractivity contribution in [3.8, 4) is 33.4 Å². The maximum Gasteiger partial charge on any atom is -0.00262 e. The fourth-order valence-electron chi connectivity index (χ4n) is 6.81. The molecule has 0 heteroatoms. The molecule has 0 amide bonds. The summed E-state index contributed by atoms with van der Waals surface area (Å²) in [7, 11) is 0. The molecule has 1 aliphatic rings. The smallest absolute Gasteiger partial charge is 0.00262 e. The molecule has 0 unspecified atom stereocenters. The quantitative estimate of drug-likeness (QED) is 0.197. The highest BCUT2D eigenvalue weighted by molar-refractivity contribution is 6.21. The van der Waals surface area contributed by atoms with Gasteiger partial charge in [0.15, 0.2) is 0 Å². The monoisotopic (exact) mass is 534 g/mol. The molecule has 0 aromatic heterocycles. The average molecular weight is 535 g/mol. The molecule has 0 radical (unpaired) electrons. The highest BCUT2D eigenvalue weighted by Crippen LogP contribution is 2.44. The van der Waals surface area contributed by atoms with Gasteiger partial charge in [-0.05, 0) is 96.1 Å². The van der Waals surface area contributed by atoms with Crippen molar-refractivity contribution >= 4 is 27.1 Å². The van der Waals surface area contributed by atoms with Crippen LogP contribution in [-0.2, 0) is 6.42 Å². The van der Waals surface area contributed by atoms with Crippen molar-refractivity contribution in [1.82, 2.24) is 0 Å². The minimum absolute atomic E-state index is 1.08. The highest BCUT2D eigenvalue weighted by Gasteiger charge is 2.18. The zero-order valence-electron chi connectivity index (χ0n) is 23.4. The lowest BCUT2D eigenvalue weighted by Gasteiger charge is -2.20. The molecule has 42 heavy (non-hydrogen) atoms. The van der Waals surface area contributed by atoms with Crippen LogP contribution >= 0.6 is 0 Å². The summed E-state index contributed by atoms with van der Waals surface area (Å²) in [4.78, 5) is 0. The van der Waals surface area contributed by atoms with Crippen LogP contribution in [0.1, 0.15) is 23.1 Å². The van der Waals surface area contributed by atoms with Crippen LogP contribution in [0, 0.1) is 0 Å². The minimum atomic E-state index is 1.08. The fraction of sp³-hybridized carbons (Fsp3) is 0.0476. The van der Waals surface area contributed by atoms with Crippen LogP contribution in [0.5, 0.6) is 0 Å². The lowest BCUT2D eigenvalue weighted by Crippen LogP contribution is -2.00. The van der Waals surface area contributed by atoms with Crippen LogP contribution in [0.25, 0.3) is 60.5 Å². The number of rotatable bonds is 4. The molecule has 0 atom stereocenters. The molecule has 0 aliphatic heterocycles. The minimum Gasteiger partial charge on any atom is -0.0757 e.